The molecule has 3 heteroatoms. The second-order valence-corrected chi connectivity index (χ2v) is 5.67. The molecule has 2 N–H and O–H groups in total. The van der Waals surface area contributed by atoms with Crippen LogP contribution in [0, 0.1) is 6.92 Å². The number of carbonyl (C=O) groups excluding carboxylic acids is 1. The first-order valence-corrected chi connectivity index (χ1v) is 7.36. The maximum Gasteiger partial charge on any atom is 0.254 e. The van der Waals surface area contributed by atoms with Crippen molar-refractivity contribution in [3.8, 4) is 0 Å². The zero-order valence-corrected chi connectivity index (χ0v) is 12.3. The molecule has 108 valence electrons. The van der Waals surface area contributed by atoms with Gasteiger partial charge in [0.2, 0.25) is 0 Å². The summed E-state index contributed by atoms with van der Waals surface area (Å²) in [5.41, 5.74) is 9.51. The SMILES string of the molecule is Cc1c(N)cccc1C(=O)N1CCC(c2ccccc2)C1. The molecule has 0 spiro atoms. The number of carbonyl (C=O) groups is 1. The zero-order valence-electron chi connectivity index (χ0n) is 12.3. The maximum atomic E-state index is 12.7. The molecule has 3 rings (SSSR count). The van der Waals surface area contributed by atoms with Crippen LogP contribution in [0.3, 0.4) is 0 Å². The summed E-state index contributed by atoms with van der Waals surface area (Å²) in [6.07, 6.45) is 1.02. The molecule has 1 saturated heterocycles. The van der Waals surface area contributed by atoms with Crippen LogP contribution in [-0.2, 0) is 0 Å². The van der Waals surface area contributed by atoms with Crippen LogP contribution < -0.4 is 5.73 Å². The van der Waals surface area contributed by atoms with Gasteiger partial charge in [-0.15, -0.1) is 0 Å². The topological polar surface area (TPSA) is 46.3 Å². The Kier molecular flexibility index (Phi) is 3.65. The highest BCUT2D eigenvalue weighted by atomic mass is 16.2. The molecule has 3 nitrogen and oxygen atoms in total. The molecule has 0 radical (unpaired) electrons. The summed E-state index contributed by atoms with van der Waals surface area (Å²) in [5.74, 6) is 0.537. The van der Waals surface area contributed by atoms with E-state index >= 15 is 0 Å². The van der Waals surface area contributed by atoms with Gasteiger partial charge in [0, 0.05) is 30.3 Å². The van der Waals surface area contributed by atoms with Crippen molar-refractivity contribution in [3.63, 3.8) is 0 Å². The molecule has 0 bridgehead atoms. The molecule has 2 aromatic rings. The summed E-state index contributed by atoms with van der Waals surface area (Å²) in [6, 6.07) is 16.0. The lowest BCUT2D eigenvalue weighted by molar-refractivity contribution is 0.0790. The Bertz CT molecular complexity index is 652. The zero-order chi connectivity index (χ0) is 14.8. The summed E-state index contributed by atoms with van der Waals surface area (Å²) < 4.78 is 0. The first-order valence-electron chi connectivity index (χ1n) is 7.36. The van der Waals surface area contributed by atoms with Gasteiger partial charge in [0.25, 0.3) is 5.91 Å². The van der Waals surface area contributed by atoms with Crippen molar-refractivity contribution in [2.75, 3.05) is 18.8 Å². The molecule has 1 amide bonds. The molecular formula is C18H20N2O. The molecule has 0 aliphatic carbocycles. The quantitative estimate of drug-likeness (QED) is 0.859. The van der Waals surface area contributed by atoms with Crippen molar-refractivity contribution in [2.24, 2.45) is 0 Å². The van der Waals surface area contributed by atoms with E-state index in [4.69, 9.17) is 5.73 Å². The monoisotopic (exact) mass is 280 g/mol. The lowest BCUT2D eigenvalue weighted by Gasteiger charge is -2.18. The van der Waals surface area contributed by atoms with E-state index in [1.807, 2.05) is 36.1 Å². The maximum absolute atomic E-state index is 12.7. The highest BCUT2D eigenvalue weighted by Crippen LogP contribution is 2.28. The molecule has 0 saturated carbocycles. The van der Waals surface area contributed by atoms with Gasteiger partial charge in [-0.25, -0.2) is 0 Å². The molecule has 0 aromatic heterocycles. The Morgan fingerprint density at radius 3 is 2.67 bits per heavy atom. The number of nitrogen functional groups attached to an aromatic ring is 1. The number of benzene rings is 2. The summed E-state index contributed by atoms with van der Waals surface area (Å²) in [4.78, 5) is 14.6. The number of nitrogens with two attached hydrogens (primary N) is 1. The predicted molar refractivity (Wildman–Crippen MR) is 85.3 cm³/mol. The third-order valence-corrected chi connectivity index (χ3v) is 4.35. The number of amides is 1. The van der Waals surface area contributed by atoms with Crippen LogP contribution in [0.25, 0.3) is 0 Å². The molecule has 2 aromatic carbocycles. The van der Waals surface area contributed by atoms with Gasteiger partial charge in [-0.2, -0.15) is 0 Å². The number of hydrogen-bond donors (Lipinski definition) is 1. The molecular weight excluding hydrogens is 260 g/mol. The molecule has 1 fully saturated rings. The van der Waals surface area contributed by atoms with Gasteiger partial charge in [0.05, 0.1) is 0 Å². The summed E-state index contributed by atoms with van der Waals surface area (Å²) >= 11 is 0. The van der Waals surface area contributed by atoms with Crippen molar-refractivity contribution in [1.29, 1.82) is 0 Å². The largest absolute Gasteiger partial charge is 0.398 e. The van der Waals surface area contributed by atoms with Crippen LogP contribution in [0.4, 0.5) is 5.69 Å². The number of likely N-dealkylation sites (tertiary alicyclic amines) is 1. The molecule has 1 aliphatic rings. The Labute approximate surface area is 125 Å². The molecule has 1 unspecified atom stereocenters. The van der Waals surface area contributed by atoms with Crippen LogP contribution in [0.2, 0.25) is 0 Å². The number of rotatable bonds is 2. The van der Waals surface area contributed by atoms with Crippen molar-refractivity contribution in [2.45, 2.75) is 19.3 Å². The van der Waals surface area contributed by atoms with E-state index in [0.717, 1.165) is 30.6 Å². The Balaban J connectivity index is 1.77. The molecule has 1 atom stereocenters. The Morgan fingerprint density at radius 1 is 1.14 bits per heavy atom. The highest BCUT2D eigenvalue weighted by molar-refractivity contribution is 5.97. The number of nitrogens with zero attached hydrogens (tertiary/aromatic N) is 1. The molecule has 1 aliphatic heterocycles. The lowest BCUT2D eigenvalue weighted by atomic mass is 9.99. The summed E-state index contributed by atoms with van der Waals surface area (Å²) in [6.45, 7) is 3.51. The first kappa shape index (κ1) is 13.7. The Morgan fingerprint density at radius 2 is 1.90 bits per heavy atom. The van der Waals surface area contributed by atoms with Gasteiger partial charge in [-0.1, -0.05) is 36.4 Å². The van der Waals surface area contributed by atoms with Crippen LogP contribution >= 0.6 is 0 Å². The first-order chi connectivity index (χ1) is 10.2. The van der Waals surface area contributed by atoms with E-state index < -0.39 is 0 Å². The lowest BCUT2D eigenvalue weighted by Crippen LogP contribution is -2.29. The molecule has 21 heavy (non-hydrogen) atoms. The van der Waals surface area contributed by atoms with E-state index in [0.29, 0.717) is 11.6 Å². The van der Waals surface area contributed by atoms with E-state index in [9.17, 15) is 4.79 Å². The number of anilines is 1. The van der Waals surface area contributed by atoms with Crippen molar-refractivity contribution < 1.29 is 4.79 Å². The van der Waals surface area contributed by atoms with Gasteiger partial charge in [-0.05, 0) is 36.6 Å². The minimum atomic E-state index is 0.0956. The molecule has 1 heterocycles. The fraction of sp³-hybridized carbons (Fsp3) is 0.278. The fourth-order valence-corrected chi connectivity index (χ4v) is 3.00. The van der Waals surface area contributed by atoms with E-state index in [1.165, 1.54) is 5.56 Å². The van der Waals surface area contributed by atoms with Gasteiger partial charge in [-0.3, -0.25) is 4.79 Å². The summed E-state index contributed by atoms with van der Waals surface area (Å²) in [7, 11) is 0. The second-order valence-electron chi connectivity index (χ2n) is 5.67. The van der Waals surface area contributed by atoms with Gasteiger partial charge in [0.1, 0.15) is 0 Å². The smallest absolute Gasteiger partial charge is 0.254 e. The van der Waals surface area contributed by atoms with Crippen LogP contribution in [-0.4, -0.2) is 23.9 Å². The van der Waals surface area contributed by atoms with Gasteiger partial charge < -0.3 is 10.6 Å². The van der Waals surface area contributed by atoms with Gasteiger partial charge in [0.15, 0.2) is 0 Å². The Hall–Kier alpha value is -2.29. The standard InChI is InChI=1S/C18H20N2O/c1-13-16(8-5-9-17(13)19)18(21)20-11-10-15(12-20)14-6-3-2-4-7-14/h2-9,15H,10-12,19H2,1H3. The number of hydrogen-bond acceptors (Lipinski definition) is 2. The highest BCUT2D eigenvalue weighted by Gasteiger charge is 2.28. The second kappa shape index (κ2) is 5.60. The average molecular weight is 280 g/mol. The van der Waals surface area contributed by atoms with Gasteiger partial charge >= 0.3 is 0 Å². The fourth-order valence-electron chi connectivity index (χ4n) is 3.00. The third kappa shape index (κ3) is 2.64. The minimum absolute atomic E-state index is 0.0956. The van der Waals surface area contributed by atoms with Crippen LogP contribution in [0.5, 0.6) is 0 Å². The third-order valence-electron chi connectivity index (χ3n) is 4.35. The van der Waals surface area contributed by atoms with Crippen LogP contribution in [0.15, 0.2) is 48.5 Å². The minimum Gasteiger partial charge on any atom is -0.398 e. The summed E-state index contributed by atoms with van der Waals surface area (Å²) in [5, 5.41) is 0. The van der Waals surface area contributed by atoms with Crippen molar-refractivity contribution >= 4 is 11.6 Å². The van der Waals surface area contributed by atoms with E-state index in [-0.39, 0.29) is 5.91 Å². The van der Waals surface area contributed by atoms with Crippen molar-refractivity contribution in [1.82, 2.24) is 4.90 Å². The van der Waals surface area contributed by atoms with E-state index in [2.05, 4.69) is 24.3 Å². The average Bonchev–Trinajstić information content (AvgIpc) is 3.00. The predicted octanol–water partition coefficient (Wildman–Crippen LogP) is 3.21. The van der Waals surface area contributed by atoms with E-state index in [1.54, 1.807) is 0 Å². The van der Waals surface area contributed by atoms with Crippen molar-refractivity contribution in [3.05, 3.63) is 65.2 Å². The normalized spacial score (nSPS) is 18.0. The van der Waals surface area contributed by atoms with Crippen LogP contribution in [0.1, 0.15) is 33.8 Å².